The fraction of sp³-hybridized carbons (Fsp3) is 0.867. The van der Waals surface area contributed by atoms with Crippen molar-refractivity contribution in [3.63, 3.8) is 0 Å². The van der Waals surface area contributed by atoms with Gasteiger partial charge in [0.1, 0.15) is 0 Å². The summed E-state index contributed by atoms with van der Waals surface area (Å²) in [5, 5.41) is 8.34. The van der Waals surface area contributed by atoms with Crippen LogP contribution >= 0.6 is 11.6 Å². The molecule has 1 heterocycles. The molecule has 0 atom stereocenters. The summed E-state index contributed by atoms with van der Waals surface area (Å²) < 4.78 is 5.76. The Morgan fingerprint density at radius 2 is 1.95 bits per heavy atom. The van der Waals surface area contributed by atoms with E-state index in [1.54, 1.807) is 0 Å². The monoisotopic (exact) mass is 284 g/mol. The normalized spacial score (nSPS) is 23.7. The lowest BCUT2D eigenvalue weighted by Gasteiger charge is -2.26. The smallest absolute Gasteiger partial charge is 0.219 e. The largest absolute Gasteiger partial charge is 0.425 e. The second kappa shape index (κ2) is 7.88. The molecule has 0 bridgehead atoms. The first-order valence-corrected chi connectivity index (χ1v) is 8.25. The van der Waals surface area contributed by atoms with Crippen LogP contribution in [-0.2, 0) is 6.42 Å². The van der Waals surface area contributed by atoms with Crippen molar-refractivity contribution in [2.45, 2.75) is 70.6 Å². The maximum absolute atomic E-state index is 5.76. The summed E-state index contributed by atoms with van der Waals surface area (Å²) in [6.07, 6.45) is 10.9. The van der Waals surface area contributed by atoms with Crippen molar-refractivity contribution in [3.8, 4) is 0 Å². The molecule has 0 aromatic carbocycles. The lowest BCUT2D eigenvalue weighted by Crippen LogP contribution is -2.13. The van der Waals surface area contributed by atoms with E-state index in [9.17, 15) is 0 Å². The Bertz CT molecular complexity index is 359. The van der Waals surface area contributed by atoms with Gasteiger partial charge < -0.3 is 4.42 Å². The molecular formula is C15H25ClN2O. The van der Waals surface area contributed by atoms with Crippen LogP contribution in [0.25, 0.3) is 0 Å². The van der Waals surface area contributed by atoms with Gasteiger partial charge in [-0.05, 0) is 38.0 Å². The van der Waals surface area contributed by atoms with Gasteiger partial charge >= 0.3 is 0 Å². The molecule has 3 nitrogen and oxygen atoms in total. The predicted octanol–water partition coefficient (Wildman–Crippen LogP) is 4.71. The molecule has 0 saturated heterocycles. The van der Waals surface area contributed by atoms with Gasteiger partial charge in [0.15, 0.2) is 0 Å². The topological polar surface area (TPSA) is 38.9 Å². The van der Waals surface area contributed by atoms with Crippen molar-refractivity contribution >= 4 is 11.6 Å². The van der Waals surface area contributed by atoms with Crippen molar-refractivity contribution < 1.29 is 4.42 Å². The van der Waals surface area contributed by atoms with E-state index in [0.29, 0.717) is 11.8 Å². The van der Waals surface area contributed by atoms with Gasteiger partial charge in [0.2, 0.25) is 11.8 Å². The zero-order valence-electron chi connectivity index (χ0n) is 11.9. The molecule has 4 heteroatoms. The zero-order chi connectivity index (χ0) is 13.5. The van der Waals surface area contributed by atoms with E-state index in [2.05, 4.69) is 17.1 Å². The van der Waals surface area contributed by atoms with E-state index in [0.717, 1.165) is 30.5 Å². The minimum Gasteiger partial charge on any atom is -0.425 e. The standard InChI is InChI=1S/C15H25ClN2O/c1-2-3-5-12-7-9-13(10-8-12)15-18-17-14(19-15)6-4-11-16/h12-13H,2-11H2,1H3. The van der Waals surface area contributed by atoms with Gasteiger partial charge in [-0.25, -0.2) is 0 Å². The number of halogens is 1. The number of aryl methyl sites for hydroxylation is 1. The van der Waals surface area contributed by atoms with Gasteiger partial charge in [0.25, 0.3) is 0 Å². The summed E-state index contributed by atoms with van der Waals surface area (Å²) in [4.78, 5) is 0. The third-order valence-electron chi connectivity index (χ3n) is 4.17. The molecule has 0 amide bonds. The van der Waals surface area contributed by atoms with Crippen LogP contribution in [0.15, 0.2) is 4.42 Å². The Balaban J connectivity index is 1.78. The summed E-state index contributed by atoms with van der Waals surface area (Å²) in [5.41, 5.74) is 0. The molecule has 0 N–H and O–H groups in total. The predicted molar refractivity (Wildman–Crippen MR) is 77.6 cm³/mol. The van der Waals surface area contributed by atoms with Crippen LogP contribution in [0.4, 0.5) is 0 Å². The van der Waals surface area contributed by atoms with Crippen LogP contribution in [0.2, 0.25) is 0 Å². The second-order valence-electron chi connectivity index (χ2n) is 5.69. The van der Waals surface area contributed by atoms with E-state index < -0.39 is 0 Å². The van der Waals surface area contributed by atoms with E-state index in [-0.39, 0.29) is 0 Å². The lowest BCUT2D eigenvalue weighted by atomic mass is 9.80. The van der Waals surface area contributed by atoms with Gasteiger partial charge in [0.05, 0.1) is 0 Å². The molecule has 1 aliphatic rings. The van der Waals surface area contributed by atoms with Crippen molar-refractivity contribution in [1.29, 1.82) is 0 Å². The zero-order valence-corrected chi connectivity index (χ0v) is 12.7. The molecule has 0 aliphatic heterocycles. The van der Waals surface area contributed by atoms with E-state index in [1.165, 1.54) is 44.9 Å². The Labute approximate surface area is 121 Å². The molecule has 2 rings (SSSR count). The third-order valence-corrected chi connectivity index (χ3v) is 4.44. The van der Waals surface area contributed by atoms with Crippen LogP contribution in [-0.4, -0.2) is 16.1 Å². The Morgan fingerprint density at radius 3 is 2.63 bits per heavy atom. The average molecular weight is 285 g/mol. The van der Waals surface area contributed by atoms with Gasteiger partial charge in [-0.2, -0.15) is 0 Å². The van der Waals surface area contributed by atoms with E-state index in [1.807, 2.05) is 0 Å². The molecule has 0 radical (unpaired) electrons. The fourth-order valence-corrected chi connectivity index (χ4v) is 3.08. The molecule has 1 aromatic rings. The van der Waals surface area contributed by atoms with Crippen LogP contribution < -0.4 is 0 Å². The molecule has 0 spiro atoms. The first kappa shape index (κ1) is 14.8. The molecule has 1 aromatic heterocycles. The number of nitrogens with zero attached hydrogens (tertiary/aromatic N) is 2. The van der Waals surface area contributed by atoms with Gasteiger partial charge in [-0.1, -0.05) is 26.2 Å². The van der Waals surface area contributed by atoms with Crippen molar-refractivity contribution in [3.05, 3.63) is 11.8 Å². The minimum atomic E-state index is 0.495. The quantitative estimate of drug-likeness (QED) is 0.681. The highest BCUT2D eigenvalue weighted by Gasteiger charge is 2.25. The van der Waals surface area contributed by atoms with Gasteiger partial charge in [-0.3, -0.25) is 0 Å². The average Bonchev–Trinajstić information content (AvgIpc) is 2.92. The first-order valence-electron chi connectivity index (χ1n) is 7.71. The maximum Gasteiger partial charge on any atom is 0.219 e. The first-order chi connectivity index (χ1) is 9.33. The summed E-state index contributed by atoms with van der Waals surface area (Å²) in [6, 6.07) is 0. The fourth-order valence-electron chi connectivity index (χ4n) is 2.94. The van der Waals surface area contributed by atoms with Crippen LogP contribution in [0.5, 0.6) is 0 Å². The highest BCUT2D eigenvalue weighted by Crippen LogP contribution is 2.37. The number of rotatable bonds is 7. The van der Waals surface area contributed by atoms with Crippen LogP contribution in [0.1, 0.15) is 76.0 Å². The molecule has 1 saturated carbocycles. The second-order valence-corrected chi connectivity index (χ2v) is 6.06. The third kappa shape index (κ3) is 4.48. The van der Waals surface area contributed by atoms with E-state index in [4.69, 9.17) is 16.0 Å². The summed E-state index contributed by atoms with van der Waals surface area (Å²) in [6.45, 7) is 2.27. The minimum absolute atomic E-state index is 0.495. The van der Waals surface area contributed by atoms with Gasteiger partial charge in [0, 0.05) is 18.2 Å². The Kier molecular flexibility index (Phi) is 6.15. The molecule has 0 unspecified atom stereocenters. The van der Waals surface area contributed by atoms with Crippen molar-refractivity contribution in [2.24, 2.45) is 5.92 Å². The summed E-state index contributed by atoms with van der Waals surface area (Å²) >= 11 is 5.67. The number of aromatic nitrogens is 2. The number of hydrogen-bond acceptors (Lipinski definition) is 3. The number of alkyl halides is 1. The Hall–Kier alpha value is -0.570. The van der Waals surface area contributed by atoms with Crippen LogP contribution in [0, 0.1) is 5.92 Å². The molecule has 108 valence electrons. The molecule has 19 heavy (non-hydrogen) atoms. The summed E-state index contributed by atoms with van der Waals surface area (Å²) in [7, 11) is 0. The van der Waals surface area contributed by atoms with Gasteiger partial charge in [-0.15, -0.1) is 21.8 Å². The molecule has 1 fully saturated rings. The highest BCUT2D eigenvalue weighted by atomic mass is 35.5. The number of hydrogen-bond donors (Lipinski definition) is 0. The molecule has 1 aliphatic carbocycles. The number of unbranched alkanes of at least 4 members (excludes halogenated alkanes) is 1. The van der Waals surface area contributed by atoms with Crippen molar-refractivity contribution in [1.82, 2.24) is 10.2 Å². The summed E-state index contributed by atoms with van der Waals surface area (Å²) in [5.74, 6) is 3.69. The highest BCUT2D eigenvalue weighted by molar-refractivity contribution is 6.17. The lowest BCUT2D eigenvalue weighted by molar-refractivity contribution is 0.274. The maximum atomic E-state index is 5.76. The van der Waals surface area contributed by atoms with Crippen LogP contribution in [0.3, 0.4) is 0 Å². The Morgan fingerprint density at radius 1 is 1.16 bits per heavy atom. The van der Waals surface area contributed by atoms with Crippen molar-refractivity contribution in [2.75, 3.05) is 5.88 Å². The molecular weight excluding hydrogens is 260 g/mol. The SMILES string of the molecule is CCCCC1CCC(c2nnc(CCCCl)o2)CC1. The van der Waals surface area contributed by atoms with E-state index >= 15 is 0 Å².